The van der Waals surface area contributed by atoms with Crippen LogP contribution in [0.5, 0.6) is 0 Å². The van der Waals surface area contributed by atoms with Gasteiger partial charge in [0.2, 0.25) is 5.91 Å². The van der Waals surface area contributed by atoms with E-state index >= 15 is 0 Å². The molecule has 1 unspecified atom stereocenters. The highest BCUT2D eigenvalue weighted by Crippen LogP contribution is 2.36. The Hall–Kier alpha value is -3.65. The molecule has 0 bridgehead atoms. The summed E-state index contributed by atoms with van der Waals surface area (Å²) in [7, 11) is -3.86. The monoisotopic (exact) mass is 491 g/mol. The molecule has 1 aliphatic rings. The molecule has 0 spiro atoms. The zero-order valence-corrected chi connectivity index (χ0v) is 21.0. The quantitative estimate of drug-likeness (QED) is 0.521. The van der Waals surface area contributed by atoms with Crippen LogP contribution in [0.3, 0.4) is 0 Å². The zero-order valence-electron chi connectivity index (χ0n) is 20.2. The van der Waals surface area contributed by atoms with Crippen molar-refractivity contribution in [3.8, 4) is 0 Å². The maximum atomic E-state index is 13.5. The van der Waals surface area contributed by atoms with Crippen molar-refractivity contribution in [1.82, 2.24) is 0 Å². The molecule has 3 aromatic rings. The van der Waals surface area contributed by atoms with Crippen molar-refractivity contribution in [3.05, 3.63) is 83.9 Å². The van der Waals surface area contributed by atoms with Gasteiger partial charge in [-0.1, -0.05) is 51.1 Å². The third-order valence-corrected chi connectivity index (χ3v) is 7.78. The smallest absolute Gasteiger partial charge is 0.264 e. The maximum absolute atomic E-state index is 13.5. The number of rotatable bonds is 5. The summed E-state index contributed by atoms with van der Waals surface area (Å²) >= 11 is 0. The molecule has 4 rings (SSSR count). The molecule has 8 heteroatoms. The number of fused-ring (bicyclic) bond motifs is 1. The van der Waals surface area contributed by atoms with E-state index in [0.29, 0.717) is 23.5 Å². The van der Waals surface area contributed by atoms with Crippen LogP contribution in [0.2, 0.25) is 0 Å². The Labute approximate surface area is 206 Å². The molecule has 0 aliphatic carbocycles. The number of amides is 2. The van der Waals surface area contributed by atoms with Gasteiger partial charge in [-0.3, -0.25) is 13.9 Å². The average Bonchev–Trinajstić information content (AvgIpc) is 3.15. The minimum Gasteiger partial charge on any atom is -0.326 e. The van der Waals surface area contributed by atoms with Gasteiger partial charge in [-0.25, -0.2) is 8.42 Å². The summed E-state index contributed by atoms with van der Waals surface area (Å²) < 4.78 is 28.5. The van der Waals surface area contributed by atoms with Crippen LogP contribution in [-0.4, -0.2) is 26.3 Å². The van der Waals surface area contributed by atoms with Gasteiger partial charge in [0.25, 0.3) is 15.9 Å². The van der Waals surface area contributed by atoms with E-state index in [1.807, 2.05) is 45.9 Å². The lowest BCUT2D eigenvalue weighted by Gasteiger charge is -2.24. The van der Waals surface area contributed by atoms with E-state index in [9.17, 15) is 18.0 Å². The van der Waals surface area contributed by atoms with E-state index in [1.165, 1.54) is 16.4 Å². The Kier molecular flexibility index (Phi) is 6.42. The largest absolute Gasteiger partial charge is 0.326 e. The molecule has 35 heavy (non-hydrogen) atoms. The van der Waals surface area contributed by atoms with Crippen molar-refractivity contribution in [3.63, 3.8) is 0 Å². The normalized spacial score (nSPS) is 15.4. The molecule has 2 N–H and O–H groups in total. The number of carbonyl (C=O) groups is 2. The topological polar surface area (TPSA) is 95.6 Å². The number of carbonyl (C=O) groups excluding carboxylic acids is 2. The maximum Gasteiger partial charge on any atom is 0.264 e. The summed E-state index contributed by atoms with van der Waals surface area (Å²) in [4.78, 5) is 25.3. The SMILES string of the molecule is CC1Cc2ccccc2N1S(=O)(=O)c1cccc(C(=O)Nc2cccc(NC(=O)C(C)(C)C)c2)c1. The van der Waals surface area contributed by atoms with Gasteiger partial charge in [0.05, 0.1) is 10.6 Å². The summed E-state index contributed by atoms with van der Waals surface area (Å²) in [5.74, 6) is -0.590. The second kappa shape index (κ2) is 9.19. The predicted molar refractivity (Wildman–Crippen MR) is 138 cm³/mol. The van der Waals surface area contributed by atoms with Gasteiger partial charge >= 0.3 is 0 Å². The van der Waals surface area contributed by atoms with Gasteiger partial charge in [-0.15, -0.1) is 0 Å². The van der Waals surface area contributed by atoms with Crippen LogP contribution in [0.15, 0.2) is 77.7 Å². The third kappa shape index (κ3) is 5.07. The lowest BCUT2D eigenvalue weighted by Crippen LogP contribution is -2.35. The number of sulfonamides is 1. The summed E-state index contributed by atoms with van der Waals surface area (Å²) in [6.07, 6.45) is 0.637. The molecular formula is C27H29N3O4S. The van der Waals surface area contributed by atoms with Crippen LogP contribution < -0.4 is 14.9 Å². The Balaban J connectivity index is 1.56. The van der Waals surface area contributed by atoms with Crippen molar-refractivity contribution in [2.45, 2.75) is 45.1 Å². The number of hydrogen-bond acceptors (Lipinski definition) is 4. The fourth-order valence-corrected chi connectivity index (χ4v) is 5.75. The van der Waals surface area contributed by atoms with E-state index in [4.69, 9.17) is 0 Å². The lowest BCUT2D eigenvalue weighted by molar-refractivity contribution is -0.123. The van der Waals surface area contributed by atoms with E-state index in [0.717, 1.165) is 5.56 Å². The van der Waals surface area contributed by atoms with Crippen LogP contribution >= 0.6 is 0 Å². The summed E-state index contributed by atoms with van der Waals surface area (Å²) in [6.45, 7) is 7.32. The van der Waals surface area contributed by atoms with Gasteiger partial charge < -0.3 is 10.6 Å². The molecule has 1 heterocycles. The number of para-hydroxylation sites is 1. The Morgan fingerprint density at radius 2 is 1.54 bits per heavy atom. The molecule has 182 valence electrons. The fraction of sp³-hybridized carbons (Fsp3) is 0.259. The summed E-state index contributed by atoms with van der Waals surface area (Å²) in [5, 5.41) is 5.62. The van der Waals surface area contributed by atoms with E-state index < -0.39 is 21.3 Å². The first kappa shape index (κ1) is 24.5. The van der Waals surface area contributed by atoms with Crippen molar-refractivity contribution in [2.75, 3.05) is 14.9 Å². The van der Waals surface area contributed by atoms with Crippen molar-refractivity contribution in [1.29, 1.82) is 0 Å². The molecule has 1 atom stereocenters. The minimum absolute atomic E-state index is 0.0555. The highest BCUT2D eigenvalue weighted by Gasteiger charge is 2.36. The number of hydrogen-bond donors (Lipinski definition) is 2. The highest BCUT2D eigenvalue weighted by atomic mass is 32.2. The first-order chi connectivity index (χ1) is 16.5. The molecule has 0 aromatic heterocycles. The van der Waals surface area contributed by atoms with Crippen LogP contribution in [-0.2, 0) is 21.2 Å². The predicted octanol–water partition coefficient (Wildman–Crippen LogP) is 5.06. The average molecular weight is 492 g/mol. The van der Waals surface area contributed by atoms with Crippen molar-refractivity contribution >= 4 is 38.9 Å². The van der Waals surface area contributed by atoms with Gasteiger partial charge in [0.15, 0.2) is 0 Å². The summed E-state index contributed by atoms with van der Waals surface area (Å²) in [6, 6.07) is 20.1. The first-order valence-corrected chi connectivity index (χ1v) is 12.9. The van der Waals surface area contributed by atoms with E-state index in [-0.39, 0.29) is 22.4 Å². The lowest BCUT2D eigenvalue weighted by atomic mass is 9.95. The molecule has 3 aromatic carbocycles. The molecule has 0 saturated carbocycles. The number of benzene rings is 3. The molecular weight excluding hydrogens is 462 g/mol. The molecule has 0 saturated heterocycles. The van der Waals surface area contributed by atoms with E-state index in [1.54, 1.807) is 42.5 Å². The Bertz CT molecular complexity index is 1390. The second-order valence-electron chi connectivity index (χ2n) is 9.75. The molecule has 2 amide bonds. The van der Waals surface area contributed by atoms with E-state index in [2.05, 4.69) is 10.6 Å². The number of nitrogens with zero attached hydrogens (tertiary/aromatic N) is 1. The van der Waals surface area contributed by atoms with Crippen LogP contribution in [0.25, 0.3) is 0 Å². The van der Waals surface area contributed by atoms with Crippen molar-refractivity contribution < 1.29 is 18.0 Å². The Morgan fingerprint density at radius 1 is 0.886 bits per heavy atom. The van der Waals surface area contributed by atoms with Crippen LogP contribution in [0, 0.1) is 5.41 Å². The standard InChI is InChI=1S/C27H29N3O4S/c1-18-15-19-9-5-6-14-24(19)30(18)35(33,34)23-13-7-10-20(16-23)25(31)28-21-11-8-12-22(17-21)29-26(32)27(2,3)4/h5-14,16-18H,15H2,1-4H3,(H,28,31)(H,29,32). The Morgan fingerprint density at radius 3 is 2.26 bits per heavy atom. The molecule has 0 fully saturated rings. The molecule has 1 aliphatic heterocycles. The third-order valence-electron chi connectivity index (χ3n) is 5.86. The van der Waals surface area contributed by atoms with Crippen molar-refractivity contribution in [2.24, 2.45) is 5.41 Å². The van der Waals surface area contributed by atoms with Gasteiger partial charge in [0.1, 0.15) is 0 Å². The minimum atomic E-state index is -3.86. The van der Waals surface area contributed by atoms with Crippen LogP contribution in [0.4, 0.5) is 17.1 Å². The molecule has 7 nitrogen and oxygen atoms in total. The zero-order chi connectivity index (χ0) is 25.4. The van der Waals surface area contributed by atoms with Gasteiger partial charge in [-0.05, 0) is 61.4 Å². The van der Waals surface area contributed by atoms with Crippen LogP contribution in [0.1, 0.15) is 43.6 Å². The van der Waals surface area contributed by atoms with Gasteiger partial charge in [-0.2, -0.15) is 0 Å². The fourth-order valence-electron chi connectivity index (χ4n) is 4.01. The molecule has 0 radical (unpaired) electrons. The van der Waals surface area contributed by atoms with Gasteiger partial charge in [0, 0.05) is 28.4 Å². The number of anilines is 3. The number of nitrogens with one attached hydrogen (secondary N) is 2. The first-order valence-electron chi connectivity index (χ1n) is 11.4. The highest BCUT2D eigenvalue weighted by molar-refractivity contribution is 7.92. The second-order valence-corrected chi connectivity index (χ2v) is 11.6. The summed E-state index contributed by atoms with van der Waals surface area (Å²) in [5.41, 5.74) is 2.35.